The van der Waals surface area contributed by atoms with Gasteiger partial charge in [0.25, 0.3) is 0 Å². The number of hydrogen-bond donors (Lipinski definition) is 1. The van der Waals surface area contributed by atoms with E-state index in [0.29, 0.717) is 12.4 Å². The highest BCUT2D eigenvalue weighted by Crippen LogP contribution is 2.31. The quantitative estimate of drug-likeness (QED) is 0.872. The minimum Gasteiger partial charge on any atom is -0.491 e. The monoisotopic (exact) mass is 293 g/mol. The summed E-state index contributed by atoms with van der Waals surface area (Å²) in [6.45, 7) is 0.495. The lowest BCUT2D eigenvalue weighted by Crippen LogP contribution is -2.30. The highest BCUT2D eigenvalue weighted by atomic mass is 32.2. The lowest BCUT2D eigenvalue weighted by molar-refractivity contribution is -0.119. The van der Waals surface area contributed by atoms with Gasteiger partial charge in [0.05, 0.1) is 11.8 Å². The van der Waals surface area contributed by atoms with Crippen molar-refractivity contribution in [1.82, 2.24) is 15.5 Å². The molecular weight excluding hydrogens is 282 g/mol. The number of para-hydroxylation sites is 1. The molecule has 0 aliphatic carbocycles. The molecule has 1 aromatic carbocycles. The molecule has 1 amide bonds. The Balaban J connectivity index is 1.56. The van der Waals surface area contributed by atoms with Crippen molar-refractivity contribution in [3.63, 3.8) is 0 Å². The van der Waals surface area contributed by atoms with E-state index in [1.807, 2.05) is 24.3 Å². The van der Waals surface area contributed by atoms with E-state index in [1.54, 1.807) is 5.51 Å². The Labute approximate surface area is 118 Å². The molecule has 0 fully saturated rings. The maximum Gasteiger partial charge on any atom is 0.231 e. The summed E-state index contributed by atoms with van der Waals surface area (Å²) < 4.78 is 6.32. The molecule has 19 heavy (non-hydrogen) atoms. The Morgan fingerprint density at radius 2 is 2.42 bits per heavy atom. The highest BCUT2D eigenvalue weighted by molar-refractivity contribution is 8.01. The zero-order valence-electron chi connectivity index (χ0n) is 9.91. The van der Waals surface area contributed by atoms with Crippen LogP contribution in [-0.4, -0.2) is 28.5 Å². The number of amides is 1. The summed E-state index contributed by atoms with van der Waals surface area (Å²) in [6, 6.07) is 7.71. The number of benzene rings is 1. The smallest absolute Gasteiger partial charge is 0.231 e. The molecule has 2 aromatic rings. The number of fused-ring (bicyclic) bond motifs is 1. The van der Waals surface area contributed by atoms with Crippen LogP contribution >= 0.6 is 23.1 Å². The Kier molecular flexibility index (Phi) is 3.65. The second kappa shape index (κ2) is 5.58. The van der Waals surface area contributed by atoms with Crippen LogP contribution < -0.4 is 10.1 Å². The molecule has 1 aromatic heterocycles. The van der Waals surface area contributed by atoms with Crippen molar-refractivity contribution in [3.05, 3.63) is 35.3 Å². The molecule has 1 aliphatic heterocycles. The summed E-state index contributed by atoms with van der Waals surface area (Å²) in [5.74, 6) is 1.17. The molecule has 0 spiro atoms. The molecular formula is C12H11N3O2S2. The van der Waals surface area contributed by atoms with Crippen molar-refractivity contribution >= 4 is 29.0 Å². The first-order chi connectivity index (χ1) is 9.33. The Bertz CT molecular complexity index is 574. The van der Waals surface area contributed by atoms with Crippen LogP contribution in [0.1, 0.15) is 11.6 Å². The van der Waals surface area contributed by atoms with Gasteiger partial charge in [-0.15, -0.1) is 10.2 Å². The number of rotatable bonds is 4. The number of carbonyl (C=O) groups excluding carboxylic acids is 1. The SMILES string of the molecule is O=C(CSc1nncs1)N[C@H]1COc2ccccc21. The molecule has 2 heterocycles. The molecule has 3 rings (SSSR count). The fourth-order valence-corrected chi connectivity index (χ4v) is 3.17. The fraction of sp³-hybridized carbons (Fsp3) is 0.250. The number of nitrogens with one attached hydrogen (secondary N) is 1. The van der Waals surface area contributed by atoms with E-state index < -0.39 is 0 Å². The summed E-state index contributed by atoms with van der Waals surface area (Å²) in [5, 5.41) is 10.6. The standard InChI is InChI=1S/C12H11N3O2S2/c16-11(6-18-12-15-13-7-19-12)14-9-5-17-10-4-2-1-3-8(9)10/h1-4,7,9H,5-6H2,(H,14,16)/t9-/m0/s1. The van der Waals surface area contributed by atoms with Crippen LogP contribution in [0.25, 0.3) is 0 Å². The number of ether oxygens (including phenoxy) is 1. The van der Waals surface area contributed by atoms with Crippen LogP contribution in [0.2, 0.25) is 0 Å². The van der Waals surface area contributed by atoms with E-state index in [0.717, 1.165) is 15.7 Å². The topological polar surface area (TPSA) is 64.1 Å². The first-order valence-corrected chi connectivity index (χ1v) is 7.59. The molecule has 7 heteroatoms. The molecule has 0 bridgehead atoms. The van der Waals surface area contributed by atoms with Crippen molar-refractivity contribution < 1.29 is 9.53 Å². The minimum absolute atomic E-state index is 0.0227. The number of aromatic nitrogens is 2. The molecule has 5 nitrogen and oxygen atoms in total. The van der Waals surface area contributed by atoms with Gasteiger partial charge in [-0.3, -0.25) is 4.79 Å². The minimum atomic E-state index is -0.0567. The molecule has 0 saturated heterocycles. The summed E-state index contributed by atoms with van der Waals surface area (Å²) in [4.78, 5) is 11.9. The first-order valence-electron chi connectivity index (χ1n) is 5.73. The van der Waals surface area contributed by atoms with Crippen LogP contribution in [0, 0.1) is 0 Å². The van der Waals surface area contributed by atoms with Gasteiger partial charge in [0.15, 0.2) is 4.34 Å². The average Bonchev–Trinajstić information content (AvgIpc) is 3.07. The third kappa shape index (κ3) is 2.87. The summed E-state index contributed by atoms with van der Waals surface area (Å²) in [5.41, 5.74) is 2.69. The van der Waals surface area contributed by atoms with Gasteiger partial charge in [0, 0.05) is 5.56 Å². The van der Waals surface area contributed by atoms with E-state index in [1.165, 1.54) is 23.1 Å². The van der Waals surface area contributed by atoms with Gasteiger partial charge >= 0.3 is 0 Å². The van der Waals surface area contributed by atoms with E-state index in [-0.39, 0.29) is 11.9 Å². The van der Waals surface area contributed by atoms with Crippen molar-refractivity contribution in [2.24, 2.45) is 0 Å². The summed E-state index contributed by atoms with van der Waals surface area (Å²) >= 11 is 2.82. The molecule has 0 radical (unpaired) electrons. The largest absolute Gasteiger partial charge is 0.491 e. The first kappa shape index (κ1) is 12.4. The molecule has 1 atom stereocenters. The molecule has 98 valence electrons. The third-order valence-corrected chi connectivity index (χ3v) is 4.56. The Hall–Kier alpha value is -1.60. The Morgan fingerprint density at radius 3 is 3.26 bits per heavy atom. The zero-order valence-corrected chi connectivity index (χ0v) is 11.5. The van der Waals surface area contributed by atoms with Crippen LogP contribution in [0.4, 0.5) is 0 Å². The normalized spacial score (nSPS) is 16.7. The average molecular weight is 293 g/mol. The van der Waals surface area contributed by atoms with E-state index in [9.17, 15) is 4.79 Å². The van der Waals surface area contributed by atoms with Gasteiger partial charge in [-0.1, -0.05) is 41.3 Å². The van der Waals surface area contributed by atoms with Gasteiger partial charge in [0.1, 0.15) is 17.9 Å². The molecule has 1 aliphatic rings. The predicted molar refractivity (Wildman–Crippen MR) is 73.5 cm³/mol. The van der Waals surface area contributed by atoms with Crippen molar-refractivity contribution in [2.75, 3.05) is 12.4 Å². The van der Waals surface area contributed by atoms with Gasteiger partial charge in [0.2, 0.25) is 5.91 Å². The molecule has 0 unspecified atom stereocenters. The van der Waals surface area contributed by atoms with Crippen molar-refractivity contribution in [2.45, 2.75) is 10.4 Å². The van der Waals surface area contributed by atoms with E-state index >= 15 is 0 Å². The maximum absolute atomic E-state index is 11.9. The lowest BCUT2D eigenvalue weighted by Gasteiger charge is -2.10. The summed E-state index contributed by atoms with van der Waals surface area (Å²) in [6.07, 6.45) is 0. The van der Waals surface area contributed by atoms with Gasteiger partial charge in [-0.05, 0) is 6.07 Å². The van der Waals surface area contributed by atoms with Crippen molar-refractivity contribution in [3.8, 4) is 5.75 Å². The van der Waals surface area contributed by atoms with Crippen molar-refractivity contribution in [1.29, 1.82) is 0 Å². The number of thioether (sulfide) groups is 1. The van der Waals surface area contributed by atoms with Gasteiger partial charge < -0.3 is 10.1 Å². The van der Waals surface area contributed by atoms with Crippen LogP contribution in [0.5, 0.6) is 5.75 Å². The highest BCUT2D eigenvalue weighted by Gasteiger charge is 2.24. The fourth-order valence-electron chi connectivity index (χ4n) is 1.87. The summed E-state index contributed by atoms with van der Waals surface area (Å²) in [7, 11) is 0. The van der Waals surface area contributed by atoms with Gasteiger partial charge in [-0.2, -0.15) is 0 Å². The number of carbonyl (C=O) groups is 1. The molecule has 0 saturated carbocycles. The zero-order chi connectivity index (χ0) is 13.1. The number of nitrogens with zero attached hydrogens (tertiary/aromatic N) is 2. The third-order valence-electron chi connectivity index (χ3n) is 2.70. The van der Waals surface area contributed by atoms with E-state index in [2.05, 4.69) is 15.5 Å². The van der Waals surface area contributed by atoms with Crippen LogP contribution in [0.3, 0.4) is 0 Å². The van der Waals surface area contributed by atoms with E-state index in [4.69, 9.17) is 4.74 Å². The van der Waals surface area contributed by atoms with Crippen LogP contribution in [-0.2, 0) is 4.79 Å². The second-order valence-corrected chi connectivity index (χ2v) is 6.02. The Morgan fingerprint density at radius 1 is 1.53 bits per heavy atom. The molecule has 1 N–H and O–H groups in total. The lowest BCUT2D eigenvalue weighted by atomic mass is 10.1. The number of hydrogen-bond acceptors (Lipinski definition) is 6. The van der Waals surface area contributed by atoms with Gasteiger partial charge in [-0.25, -0.2) is 0 Å². The van der Waals surface area contributed by atoms with Crippen LogP contribution in [0.15, 0.2) is 34.1 Å². The maximum atomic E-state index is 11.9. The predicted octanol–water partition coefficient (Wildman–Crippen LogP) is 1.88. The second-order valence-electron chi connectivity index (χ2n) is 3.96.